The van der Waals surface area contributed by atoms with Crippen LogP contribution < -0.4 is 5.73 Å². The van der Waals surface area contributed by atoms with Gasteiger partial charge >= 0.3 is 0 Å². The van der Waals surface area contributed by atoms with Crippen molar-refractivity contribution in [1.82, 2.24) is 9.78 Å². The molecule has 102 valence electrons. The first kappa shape index (κ1) is 13.8. The molecule has 2 rings (SSSR count). The summed E-state index contributed by atoms with van der Waals surface area (Å²) >= 11 is 6.13. The van der Waals surface area contributed by atoms with E-state index in [4.69, 9.17) is 17.3 Å². The smallest absolute Gasteiger partial charge is 0.151 e. The molecule has 0 saturated carbocycles. The van der Waals surface area contributed by atoms with Crippen molar-refractivity contribution in [1.29, 1.82) is 0 Å². The zero-order valence-corrected chi connectivity index (χ0v) is 11.6. The van der Waals surface area contributed by atoms with Gasteiger partial charge in [-0.1, -0.05) is 32.4 Å². The molecule has 1 aromatic heterocycles. The Morgan fingerprint density at radius 2 is 1.89 bits per heavy atom. The quantitative estimate of drug-likeness (QED) is 0.868. The highest BCUT2D eigenvalue weighted by Gasteiger charge is 2.26. The molecule has 19 heavy (non-hydrogen) atoms. The number of anilines is 1. The van der Waals surface area contributed by atoms with Gasteiger partial charge in [-0.25, -0.2) is 13.5 Å². The van der Waals surface area contributed by atoms with Gasteiger partial charge in [0.25, 0.3) is 0 Å². The minimum absolute atomic E-state index is 0.0660. The molecule has 0 aliphatic rings. The van der Waals surface area contributed by atoms with Crippen molar-refractivity contribution in [3.63, 3.8) is 0 Å². The Balaban J connectivity index is 2.64. The van der Waals surface area contributed by atoms with Crippen molar-refractivity contribution < 1.29 is 8.78 Å². The van der Waals surface area contributed by atoms with Crippen LogP contribution in [0.3, 0.4) is 0 Å². The van der Waals surface area contributed by atoms with E-state index in [-0.39, 0.29) is 21.9 Å². The summed E-state index contributed by atoms with van der Waals surface area (Å²) in [6.07, 6.45) is 0. The average Bonchev–Trinajstić information content (AvgIpc) is 2.56. The summed E-state index contributed by atoms with van der Waals surface area (Å²) < 4.78 is 27.9. The third-order valence-electron chi connectivity index (χ3n) is 2.71. The summed E-state index contributed by atoms with van der Waals surface area (Å²) in [4.78, 5) is 0. The first-order chi connectivity index (χ1) is 8.71. The average molecular weight is 286 g/mol. The summed E-state index contributed by atoms with van der Waals surface area (Å²) in [5.41, 5.74) is 6.15. The van der Waals surface area contributed by atoms with Gasteiger partial charge in [0.15, 0.2) is 5.82 Å². The van der Waals surface area contributed by atoms with Crippen LogP contribution in [0.2, 0.25) is 5.02 Å². The highest BCUT2D eigenvalue weighted by molar-refractivity contribution is 6.33. The predicted octanol–water partition coefficient (Wildman–Crippen LogP) is 3.68. The molecule has 0 fully saturated rings. The van der Waals surface area contributed by atoms with E-state index >= 15 is 0 Å². The third-order valence-corrected chi connectivity index (χ3v) is 3.08. The van der Waals surface area contributed by atoms with Crippen LogP contribution in [0.4, 0.5) is 14.6 Å². The molecule has 0 atom stereocenters. The Hall–Kier alpha value is -1.62. The van der Waals surface area contributed by atoms with Crippen LogP contribution in [-0.4, -0.2) is 9.78 Å². The number of nitrogen functional groups attached to an aromatic ring is 1. The molecular formula is C13H14ClF2N3. The van der Waals surface area contributed by atoms with E-state index in [9.17, 15) is 8.78 Å². The van der Waals surface area contributed by atoms with E-state index in [0.717, 1.165) is 12.1 Å². The van der Waals surface area contributed by atoms with Crippen LogP contribution in [0.1, 0.15) is 26.5 Å². The van der Waals surface area contributed by atoms with Gasteiger partial charge in [0, 0.05) is 11.5 Å². The molecule has 0 aliphatic carbocycles. The standard InChI is InChI=1S/C13H14ClF2N3/c1-13(2,3)11-10(14)12(17)19(18-11)9-5-4-7(15)6-8(9)16/h4-6H,17H2,1-3H3. The lowest BCUT2D eigenvalue weighted by Gasteiger charge is -2.15. The largest absolute Gasteiger partial charge is 0.382 e. The second-order valence-electron chi connectivity index (χ2n) is 5.31. The molecule has 0 saturated heterocycles. The molecule has 6 heteroatoms. The van der Waals surface area contributed by atoms with Gasteiger partial charge in [0.1, 0.15) is 22.3 Å². The number of nitrogens with two attached hydrogens (primary N) is 1. The molecule has 0 unspecified atom stereocenters. The zero-order chi connectivity index (χ0) is 14.4. The molecular weight excluding hydrogens is 272 g/mol. The van der Waals surface area contributed by atoms with Gasteiger partial charge in [0.05, 0.1) is 5.69 Å². The Kier molecular flexibility index (Phi) is 3.26. The van der Waals surface area contributed by atoms with Crippen LogP contribution >= 0.6 is 11.6 Å². The predicted molar refractivity (Wildman–Crippen MR) is 71.6 cm³/mol. The summed E-state index contributed by atoms with van der Waals surface area (Å²) in [7, 11) is 0. The summed E-state index contributed by atoms with van der Waals surface area (Å²) in [6, 6.07) is 3.20. The molecule has 1 heterocycles. The highest BCUT2D eigenvalue weighted by atomic mass is 35.5. The molecule has 0 aliphatic heterocycles. The van der Waals surface area contributed by atoms with Gasteiger partial charge in [0.2, 0.25) is 0 Å². The van der Waals surface area contributed by atoms with Gasteiger partial charge < -0.3 is 5.73 Å². The monoisotopic (exact) mass is 285 g/mol. The van der Waals surface area contributed by atoms with E-state index in [0.29, 0.717) is 5.69 Å². The van der Waals surface area contributed by atoms with E-state index in [2.05, 4.69) is 5.10 Å². The van der Waals surface area contributed by atoms with Gasteiger partial charge in [-0.15, -0.1) is 0 Å². The van der Waals surface area contributed by atoms with Gasteiger partial charge in [-0.05, 0) is 12.1 Å². The first-order valence-corrected chi connectivity index (χ1v) is 6.09. The van der Waals surface area contributed by atoms with E-state index in [1.54, 1.807) is 0 Å². The fourth-order valence-corrected chi connectivity index (χ4v) is 2.13. The normalized spacial score (nSPS) is 11.9. The molecule has 3 nitrogen and oxygen atoms in total. The third kappa shape index (κ3) is 2.42. The van der Waals surface area contributed by atoms with Crippen LogP contribution in [0.15, 0.2) is 18.2 Å². The minimum atomic E-state index is -0.744. The number of hydrogen-bond donors (Lipinski definition) is 1. The number of halogens is 3. The Labute approximate surface area is 115 Å². The molecule has 2 aromatic rings. The fraction of sp³-hybridized carbons (Fsp3) is 0.308. The number of rotatable bonds is 1. The lowest BCUT2D eigenvalue weighted by Crippen LogP contribution is -2.13. The lowest BCUT2D eigenvalue weighted by molar-refractivity contribution is 0.551. The first-order valence-electron chi connectivity index (χ1n) is 5.71. The maximum atomic E-state index is 13.8. The Morgan fingerprint density at radius 1 is 1.26 bits per heavy atom. The molecule has 1 aromatic carbocycles. The Morgan fingerprint density at radius 3 is 2.37 bits per heavy atom. The van der Waals surface area contributed by atoms with Crippen LogP contribution in [0.5, 0.6) is 0 Å². The van der Waals surface area contributed by atoms with Crippen LogP contribution in [0, 0.1) is 11.6 Å². The highest BCUT2D eigenvalue weighted by Crippen LogP contribution is 2.34. The van der Waals surface area contributed by atoms with Crippen molar-refractivity contribution >= 4 is 17.4 Å². The molecule has 0 bridgehead atoms. The second-order valence-corrected chi connectivity index (χ2v) is 5.68. The molecule has 0 spiro atoms. The topological polar surface area (TPSA) is 43.8 Å². The Bertz CT molecular complexity index is 630. The van der Waals surface area contributed by atoms with E-state index < -0.39 is 11.6 Å². The fourth-order valence-electron chi connectivity index (χ4n) is 1.73. The minimum Gasteiger partial charge on any atom is -0.382 e. The second kappa shape index (κ2) is 4.49. The van der Waals surface area contributed by atoms with Crippen molar-refractivity contribution in [2.45, 2.75) is 26.2 Å². The van der Waals surface area contributed by atoms with Gasteiger partial charge in [-0.2, -0.15) is 5.10 Å². The summed E-state index contributed by atoms with van der Waals surface area (Å²) in [5.74, 6) is -1.27. The van der Waals surface area contributed by atoms with Crippen molar-refractivity contribution in [2.75, 3.05) is 5.73 Å². The lowest BCUT2D eigenvalue weighted by atomic mass is 9.92. The van der Waals surface area contributed by atoms with Crippen molar-refractivity contribution in [3.05, 3.63) is 40.6 Å². The number of nitrogens with zero attached hydrogens (tertiary/aromatic N) is 2. The molecule has 0 amide bonds. The number of benzene rings is 1. The summed E-state index contributed by atoms with van der Waals surface area (Å²) in [5, 5.41) is 4.53. The van der Waals surface area contributed by atoms with E-state index in [1.807, 2.05) is 20.8 Å². The molecule has 0 radical (unpaired) electrons. The number of hydrogen-bond acceptors (Lipinski definition) is 2. The number of aromatic nitrogens is 2. The molecule has 2 N–H and O–H groups in total. The van der Waals surface area contributed by atoms with E-state index in [1.165, 1.54) is 10.7 Å². The van der Waals surface area contributed by atoms with Crippen LogP contribution in [-0.2, 0) is 5.41 Å². The zero-order valence-electron chi connectivity index (χ0n) is 10.8. The summed E-state index contributed by atoms with van der Waals surface area (Å²) in [6.45, 7) is 5.77. The maximum absolute atomic E-state index is 13.8. The maximum Gasteiger partial charge on any atom is 0.151 e. The van der Waals surface area contributed by atoms with Gasteiger partial charge in [-0.3, -0.25) is 0 Å². The van der Waals surface area contributed by atoms with Crippen molar-refractivity contribution in [2.24, 2.45) is 0 Å². The van der Waals surface area contributed by atoms with Crippen LogP contribution in [0.25, 0.3) is 5.69 Å². The SMILES string of the molecule is CC(C)(C)c1nn(-c2ccc(F)cc2F)c(N)c1Cl. The van der Waals surface area contributed by atoms with Crippen molar-refractivity contribution in [3.8, 4) is 5.69 Å².